The number of carbonyl (C=O) groups excluding carboxylic acids is 1. The summed E-state index contributed by atoms with van der Waals surface area (Å²) in [5.74, 6) is -0.237. The first-order valence-electron chi connectivity index (χ1n) is 5.32. The van der Waals surface area contributed by atoms with Crippen molar-refractivity contribution in [1.29, 1.82) is 0 Å². The lowest BCUT2D eigenvalue weighted by Crippen LogP contribution is -2.16. The highest BCUT2D eigenvalue weighted by atomic mass is 16.6. The second-order valence-corrected chi connectivity index (χ2v) is 3.72. The van der Waals surface area contributed by atoms with E-state index in [1.54, 1.807) is 6.92 Å². The van der Waals surface area contributed by atoms with Gasteiger partial charge in [0.05, 0.1) is 5.92 Å². The van der Waals surface area contributed by atoms with Crippen molar-refractivity contribution in [3.63, 3.8) is 0 Å². The minimum Gasteiger partial charge on any atom is -0.300 e. The van der Waals surface area contributed by atoms with E-state index in [1.807, 2.05) is 30.3 Å². The predicted octanol–water partition coefficient (Wildman–Crippen LogP) is 2.42. The molecule has 1 rings (SSSR count). The quantitative estimate of drug-likeness (QED) is 0.547. The number of carbonyl (C=O) groups is 1. The fourth-order valence-corrected chi connectivity index (χ4v) is 1.61. The Morgan fingerprint density at radius 2 is 2.00 bits per heavy atom. The second-order valence-electron chi connectivity index (χ2n) is 3.72. The molecule has 0 aliphatic carbocycles. The molecular weight excluding hydrogens is 206 g/mol. The van der Waals surface area contributed by atoms with Crippen molar-refractivity contribution in [2.24, 2.45) is 0 Å². The molecule has 86 valence electrons. The van der Waals surface area contributed by atoms with Crippen molar-refractivity contribution in [2.75, 3.05) is 6.54 Å². The van der Waals surface area contributed by atoms with Gasteiger partial charge < -0.3 is 0 Å². The van der Waals surface area contributed by atoms with Gasteiger partial charge >= 0.3 is 0 Å². The van der Waals surface area contributed by atoms with Crippen molar-refractivity contribution in [2.45, 2.75) is 25.7 Å². The molecule has 0 fully saturated rings. The van der Waals surface area contributed by atoms with E-state index in [-0.39, 0.29) is 29.6 Å². The number of rotatable bonds is 6. The normalized spacial score (nSPS) is 12.1. The molecular formula is C12H15NO3. The summed E-state index contributed by atoms with van der Waals surface area (Å²) in [5.41, 5.74) is 0.862. The smallest absolute Gasteiger partial charge is 0.211 e. The van der Waals surface area contributed by atoms with Crippen molar-refractivity contribution >= 4 is 5.78 Å². The predicted molar refractivity (Wildman–Crippen MR) is 61.0 cm³/mol. The number of hydrogen-bond donors (Lipinski definition) is 0. The van der Waals surface area contributed by atoms with Crippen LogP contribution in [0.4, 0.5) is 0 Å². The van der Waals surface area contributed by atoms with Crippen LogP contribution in [0.15, 0.2) is 30.3 Å². The van der Waals surface area contributed by atoms with Gasteiger partial charge in [0.25, 0.3) is 0 Å². The Bertz CT molecular complexity index is 362. The zero-order chi connectivity index (χ0) is 12.0. The third kappa shape index (κ3) is 3.81. The van der Waals surface area contributed by atoms with Crippen LogP contribution < -0.4 is 0 Å². The number of hydrogen-bond acceptors (Lipinski definition) is 3. The standard InChI is InChI=1S/C12H15NO3/c1-2-12(14)8-11(9-13(15)16)10-6-4-3-5-7-10/h3-7,11H,2,8-9H2,1H3/t11-/m1/s1. The molecule has 16 heavy (non-hydrogen) atoms. The van der Waals surface area contributed by atoms with Crippen molar-refractivity contribution < 1.29 is 9.72 Å². The van der Waals surface area contributed by atoms with Crippen molar-refractivity contribution in [3.8, 4) is 0 Å². The van der Waals surface area contributed by atoms with Crippen molar-refractivity contribution in [3.05, 3.63) is 46.0 Å². The van der Waals surface area contributed by atoms with Crippen molar-refractivity contribution in [1.82, 2.24) is 0 Å². The minimum absolute atomic E-state index is 0.0655. The maximum atomic E-state index is 11.4. The summed E-state index contributed by atoms with van der Waals surface area (Å²) in [4.78, 5) is 21.5. The lowest BCUT2D eigenvalue weighted by atomic mass is 9.93. The van der Waals surface area contributed by atoms with Crippen LogP contribution in [0.3, 0.4) is 0 Å². The van der Waals surface area contributed by atoms with E-state index >= 15 is 0 Å². The van der Waals surface area contributed by atoms with Gasteiger partial charge in [0.1, 0.15) is 5.78 Å². The van der Waals surface area contributed by atoms with Gasteiger partial charge in [0.15, 0.2) is 0 Å². The van der Waals surface area contributed by atoms with Gasteiger partial charge in [-0.15, -0.1) is 0 Å². The molecule has 0 saturated carbocycles. The molecule has 0 N–H and O–H groups in total. The largest absolute Gasteiger partial charge is 0.300 e. The van der Waals surface area contributed by atoms with Crippen LogP contribution in [0.2, 0.25) is 0 Å². The van der Waals surface area contributed by atoms with Gasteiger partial charge in [-0.2, -0.15) is 0 Å². The molecule has 0 unspecified atom stereocenters. The summed E-state index contributed by atoms with van der Waals surface area (Å²) in [6.07, 6.45) is 0.683. The molecule has 1 aromatic rings. The maximum Gasteiger partial charge on any atom is 0.211 e. The van der Waals surface area contributed by atoms with E-state index in [9.17, 15) is 14.9 Å². The van der Waals surface area contributed by atoms with Crippen LogP contribution in [-0.2, 0) is 4.79 Å². The Morgan fingerprint density at radius 1 is 1.38 bits per heavy atom. The van der Waals surface area contributed by atoms with Gasteiger partial charge in [-0.1, -0.05) is 37.3 Å². The molecule has 0 heterocycles. The molecule has 4 heteroatoms. The van der Waals surface area contributed by atoms with E-state index in [1.165, 1.54) is 0 Å². The lowest BCUT2D eigenvalue weighted by molar-refractivity contribution is -0.483. The number of benzene rings is 1. The molecule has 1 atom stereocenters. The Hall–Kier alpha value is -1.71. The van der Waals surface area contributed by atoms with Crippen LogP contribution in [0.25, 0.3) is 0 Å². The molecule has 1 aromatic carbocycles. The first-order chi connectivity index (χ1) is 7.63. The molecule has 0 bridgehead atoms. The minimum atomic E-state index is -0.361. The summed E-state index contributed by atoms with van der Waals surface area (Å²) < 4.78 is 0. The summed E-state index contributed by atoms with van der Waals surface area (Å²) in [6, 6.07) is 9.18. The molecule has 4 nitrogen and oxygen atoms in total. The summed E-state index contributed by atoms with van der Waals surface area (Å²) >= 11 is 0. The van der Waals surface area contributed by atoms with Crippen LogP contribution >= 0.6 is 0 Å². The van der Waals surface area contributed by atoms with E-state index in [0.29, 0.717) is 6.42 Å². The number of Topliss-reactive ketones (excluding diaryl/α,β-unsaturated/α-hetero) is 1. The Labute approximate surface area is 94.4 Å². The van der Waals surface area contributed by atoms with Crippen LogP contribution in [-0.4, -0.2) is 17.3 Å². The fraction of sp³-hybridized carbons (Fsp3) is 0.417. The zero-order valence-electron chi connectivity index (χ0n) is 9.26. The third-order valence-corrected chi connectivity index (χ3v) is 2.51. The highest BCUT2D eigenvalue weighted by Crippen LogP contribution is 2.20. The highest BCUT2D eigenvalue weighted by molar-refractivity contribution is 5.78. The Kier molecular flexibility index (Phi) is 4.64. The summed E-state index contributed by atoms with van der Waals surface area (Å²) in [6.45, 7) is 1.59. The highest BCUT2D eigenvalue weighted by Gasteiger charge is 2.20. The van der Waals surface area contributed by atoms with Gasteiger partial charge in [-0.25, -0.2) is 0 Å². The van der Waals surface area contributed by atoms with Crippen LogP contribution in [0.1, 0.15) is 31.2 Å². The summed E-state index contributed by atoms with van der Waals surface area (Å²) in [7, 11) is 0. The maximum absolute atomic E-state index is 11.4. The van der Waals surface area contributed by atoms with Gasteiger partial charge in [0, 0.05) is 17.8 Å². The van der Waals surface area contributed by atoms with Gasteiger partial charge in [-0.05, 0) is 5.56 Å². The molecule has 0 saturated heterocycles. The SMILES string of the molecule is CCC(=O)C[C@H](C[N+](=O)[O-])c1ccccc1. The molecule has 0 aromatic heterocycles. The van der Waals surface area contributed by atoms with Gasteiger partial charge in [0.2, 0.25) is 6.54 Å². The number of nitro groups is 1. The molecule has 0 aliphatic heterocycles. The van der Waals surface area contributed by atoms with Gasteiger partial charge in [-0.3, -0.25) is 14.9 Å². The molecule has 0 spiro atoms. The monoisotopic (exact) mass is 221 g/mol. The Balaban J connectivity index is 2.79. The van der Waals surface area contributed by atoms with E-state index < -0.39 is 0 Å². The van der Waals surface area contributed by atoms with E-state index in [0.717, 1.165) is 5.56 Å². The van der Waals surface area contributed by atoms with E-state index in [2.05, 4.69) is 0 Å². The second kappa shape index (κ2) is 6.00. The van der Waals surface area contributed by atoms with Crippen LogP contribution in [0, 0.1) is 10.1 Å². The lowest BCUT2D eigenvalue weighted by Gasteiger charge is -2.11. The number of ketones is 1. The first-order valence-corrected chi connectivity index (χ1v) is 5.32. The fourth-order valence-electron chi connectivity index (χ4n) is 1.61. The zero-order valence-corrected chi connectivity index (χ0v) is 9.26. The molecule has 0 amide bonds. The third-order valence-electron chi connectivity index (χ3n) is 2.51. The molecule has 0 radical (unpaired) electrons. The van der Waals surface area contributed by atoms with Crippen LogP contribution in [0.5, 0.6) is 0 Å². The topological polar surface area (TPSA) is 60.2 Å². The summed E-state index contributed by atoms with van der Waals surface area (Å²) in [5, 5.41) is 10.5. The number of nitrogens with zero attached hydrogens (tertiary/aromatic N) is 1. The first kappa shape index (κ1) is 12.4. The average molecular weight is 221 g/mol. The molecule has 0 aliphatic rings. The van der Waals surface area contributed by atoms with E-state index in [4.69, 9.17) is 0 Å². The Morgan fingerprint density at radius 3 is 2.50 bits per heavy atom. The average Bonchev–Trinajstić information content (AvgIpc) is 2.28.